The molecule has 0 unspecified atom stereocenters. The predicted molar refractivity (Wildman–Crippen MR) is 117 cm³/mol. The summed E-state index contributed by atoms with van der Waals surface area (Å²) in [7, 11) is 1.60. The Balaban J connectivity index is 1.76. The van der Waals surface area contributed by atoms with Crippen LogP contribution in [0.4, 0.5) is 14.9 Å². The maximum absolute atomic E-state index is 13.6. The lowest BCUT2D eigenvalue weighted by Crippen LogP contribution is -2.49. The zero-order valence-electron chi connectivity index (χ0n) is 17.5. The van der Waals surface area contributed by atoms with Crippen LogP contribution in [0.1, 0.15) is 38.2 Å². The van der Waals surface area contributed by atoms with Gasteiger partial charge in [0, 0.05) is 36.4 Å². The Hall–Kier alpha value is -2.47. The second-order valence-corrected chi connectivity index (χ2v) is 7.74. The van der Waals surface area contributed by atoms with Crippen LogP contribution < -0.4 is 14.4 Å². The summed E-state index contributed by atoms with van der Waals surface area (Å²) in [4.78, 5) is 16.5. The molecule has 0 atom stereocenters. The highest BCUT2D eigenvalue weighted by Crippen LogP contribution is 2.33. The zero-order valence-corrected chi connectivity index (χ0v) is 18.3. The molecule has 7 heteroatoms. The molecule has 30 heavy (non-hydrogen) atoms. The Bertz CT molecular complexity index is 878. The van der Waals surface area contributed by atoms with Crippen LogP contribution in [0.15, 0.2) is 36.4 Å². The van der Waals surface area contributed by atoms with E-state index in [1.165, 1.54) is 18.2 Å². The van der Waals surface area contributed by atoms with E-state index in [4.69, 9.17) is 21.1 Å². The molecule has 5 nitrogen and oxygen atoms in total. The van der Waals surface area contributed by atoms with Crippen LogP contribution >= 0.6 is 11.6 Å². The molecule has 2 aromatic carbocycles. The summed E-state index contributed by atoms with van der Waals surface area (Å²) < 4.78 is 24.9. The van der Waals surface area contributed by atoms with Gasteiger partial charge in [-0.15, -0.1) is 0 Å². The van der Waals surface area contributed by atoms with E-state index in [2.05, 4.69) is 6.92 Å². The van der Waals surface area contributed by atoms with Crippen molar-refractivity contribution in [3.8, 4) is 11.5 Å². The summed E-state index contributed by atoms with van der Waals surface area (Å²) in [6.45, 7) is 4.21. The molecule has 2 aromatic rings. The van der Waals surface area contributed by atoms with Gasteiger partial charge in [0.1, 0.15) is 5.82 Å². The number of rotatable bonds is 9. The monoisotopic (exact) mass is 434 g/mol. The van der Waals surface area contributed by atoms with Crippen LogP contribution in [-0.4, -0.2) is 37.7 Å². The first-order chi connectivity index (χ1) is 14.5. The number of benzene rings is 2. The summed E-state index contributed by atoms with van der Waals surface area (Å²) in [5, 5.41) is 0.452. The second-order valence-electron chi connectivity index (χ2n) is 7.34. The third-order valence-electron chi connectivity index (χ3n) is 5.14. The van der Waals surface area contributed by atoms with Crippen LogP contribution in [0, 0.1) is 5.82 Å². The molecule has 0 bridgehead atoms. The summed E-state index contributed by atoms with van der Waals surface area (Å²) in [5.74, 6) is 0.906. The summed E-state index contributed by atoms with van der Waals surface area (Å²) >= 11 is 6.19. The third kappa shape index (κ3) is 5.36. The molecule has 0 aromatic heterocycles. The van der Waals surface area contributed by atoms with Gasteiger partial charge in [-0.05, 0) is 48.7 Å². The number of unbranched alkanes of at least 4 members (excludes halogenated alkanes) is 2. The molecular weight excluding hydrogens is 407 g/mol. The minimum atomic E-state index is -0.365. The Morgan fingerprint density at radius 1 is 1.10 bits per heavy atom. The van der Waals surface area contributed by atoms with Crippen molar-refractivity contribution >= 4 is 23.3 Å². The van der Waals surface area contributed by atoms with E-state index in [-0.39, 0.29) is 18.4 Å². The topological polar surface area (TPSA) is 42.0 Å². The fraction of sp³-hybridized carbons (Fsp3) is 0.435. The first kappa shape index (κ1) is 22.2. The Morgan fingerprint density at radius 2 is 1.93 bits per heavy atom. The van der Waals surface area contributed by atoms with Crippen molar-refractivity contribution in [2.45, 2.75) is 39.2 Å². The lowest BCUT2D eigenvalue weighted by Gasteiger charge is -2.36. The van der Waals surface area contributed by atoms with Crippen LogP contribution in [0.5, 0.6) is 11.5 Å². The molecule has 0 spiro atoms. The summed E-state index contributed by atoms with van der Waals surface area (Å²) in [5.41, 5.74) is 1.35. The van der Waals surface area contributed by atoms with Crippen LogP contribution in [-0.2, 0) is 6.54 Å². The Morgan fingerprint density at radius 3 is 2.70 bits per heavy atom. The van der Waals surface area contributed by atoms with Crippen LogP contribution in [0.3, 0.4) is 0 Å². The van der Waals surface area contributed by atoms with Gasteiger partial charge in [-0.25, -0.2) is 9.18 Å². The summed E-state index contributed by atoms with van der Waals surface area (Å²) in [6, 6.07) is 9.60. The number of anilines is 1. The number of nitrogens with zero attached hydrogens (tertiary/aromatic N) is 2. The van der Waals surface area contributed by atoms with Gasteiger partial charge in [-0.3, -0.25) is 4.90 Å². The largest absolute Gasteiger partial charge is 0.493 e. The van der Waals surface area contributed by atoms with Gasteiger partial charge < -0.3 is 14.4 Å². The molecule has 0 N–H and O–H groups in total. The predicted octanol–water partition coefficient (Wildman–Crippen LogP) is 5.89. The van der Waals surface area contributed by atoms with Crippen molar-refractivity contribution < 1.29 is 18.7 Å². The van der Waals surface area contributed by atoms with Gasteiger partial charge in [-0.2, -0.15) is 0 Å². The Kier molecular flexibility index (Phi) is 7.80. The average Bonchev–Trinajstić information content (AvgIpc) is 2.75. The molecule has 1 aliphatic rings. The first-order valence-corrected chi connectivity index (χ1v) is 10.7. The van der Waals surface area contributed by atoms with Gasteiger partial charge in [0.15, 0.2) is 11.5 Å². The number of methoxy groups -OCH3 is 1. The fourth-order valence-corrected chi connectivity index (χ4v) is 3.70. The lowest BCUT2D eigenvalue weighted by atomic mass is 10.1. The molecule has 1 aliphatic heterocycles. The van der Waals surface area contributed by atoms with E-state index in [0.717, 1.165) is 31.4 Å². The van der Waals surface area contributed by atoms with Gasteiger partial charge in [0.05, 0.1) is 13.7 Å². The number of urea groups is 1. The minimum absolute atomic E-state index is 0.135. The molecule has 0 saturated carbocycles. The zero-order chi connectivity index (χ0) is 21.5. The van der Waals surface area contributed by atoms with Gasteiger partial charge in [-0.1, -0.05) is 31.4 Å². The highest BCUT2D eigenvalue weighted by atomic mass is 35.5. The van der Waals surface area contributed by atoms with E-state index in [0.29, 0.717) is 41.8 Å². The molecule has 1 heterocycles. The van der Waals surface area contributed by atoms with Crippen LogP contribution in [0.2, 0.25) is 5.02 Å². The van der Waals surface area contributed by atoms with Crippen molar-refractivity contribution in [2.75, 3.05) is 31.7 Å². The molecular formula is C23H28ClFN2O3. The van der Waals surface area contributed by atoms with E-state index in [9.17, 15) is 9.18 Å². The average molecular weight is 435 g/mol. The molecule has 162 valence electrons. The SMILES string of the molecule is CCCCCOc1cc(N2CCCN(Cc3cc(F)ccc3Cl)C2=O)ccc1OC. The number of ether oxygens (including phenoxy) is 2. The number of amides is 2. The normalized spacial score (nSPS) is 14.2. The number of hydrogen-bond acceptors (Lipinski definition) is 3. The van der Waals surface area contributed by atoms with Crippen LogP contribution in [0.25, 0.3) is 0 Å². The van der Waals surface area contributed by atoms with Crippen molar-refractivity contribution in [3.05, 3.63) is 52.8 Å². The fourth-order valence-electron chi connectivity index (χ4n) is 3.52. The minimum Gasteiger partial charge on any atom is -0.493 e. The quantitative estimate of drug-likeness (QED) is 0.462. The van der Waals surface area contributed by atoms with Crippen molar-refractivity contribution in [3.63, 3.8) is 0 Å². The Labute approximate surface area is 182 Å². The smallest absolute Gasteiger partial charge is 0.324 e. The maximum atomic E-state index is 13.6. The molecule has 2 amide bonds. The molecule has 1 fully saturated rings. The molecule has 3 rings (SSSR count). The first-order valence-electron chi connectivity index (χ1n) is 10.3. The lowest BCUT2D eigenvalue weighted by molar-refractivity contribution is 0.192. The number of halogens is 2. The van der Waals surface area contributed by atoms with Gasteiger partial charge >= 0.3 is 6.03 Å². The van der Waals surface area contributed by atoms with Gasteiger partial charge in [0.25, 0.3) is 0 Å². The van der Waals surface area contributed by atoms with Crippen molar-refractivity contribution in [1.29, 1.82) is 0 Å². The van der Waals surface area contributed by atoms with Crippen molar-refractivity contribution in [2.24, 2.45) is 0 Å². The van der Waals surface area contributed by atoms with E-state index in [1.54, 1.807) is 16.9 Å². The van der Waals surface area contributed by atoms with E-state index >= 15 is 0 Å². The second kappa shape index (κ2) is 10.5. The standard InChI is InChI=1S/C23H28ClFN2O3/c1-3-4-5-13-30-22-15-19(8-10-21(22)29-2)27-12-6-11-26(23(27)28)16-17-14-18(25)7-9-20(17)24/h7-10,14-15H,3-6,11-13,16H2,1-2H3. The molecule has 1 saturated heterocycles. The van der Waals surface area contributed by atoms with Gasteiger partial charge in [0.2, 0.25) is 0 Å². The number of hydrogen-bond donors (Lipinski definition) is 0. The third-order valence-corrected chi connectivity index (χ3v) is 5.51. The molecule has 0 aliphatic carbocycles. The van der Waals surface area contributed by atoms with Crippen molar-refractivity contribution in [1.82, 2.24) is 4.90 Å². The molecule has 0 radical (unpaired) electrons. The number of carbonyl (C=O) groups is 1. The number of carbonyl (C=O) groups excluding carboxylic acids is 1. The maximum Gasteiger partial charge on any atom is 0.324 e. The summed E-state index contributed by atoms with van der Waals surface area (Å²) in [6.07, 6.45) is 3.99. The highest BCUT2D eigenvalue weighted by Gasteiger charge is 2.28. The highest BCUT2D eigenvalue weighted by molar-refractivity contribution is 6.31. The van der Waals surface area contributed by atoms with E-state index in [1.807, 2.05) is 18.2 Å². The van der Waals surface area contributed by atoms with E-state index < -0.39 is 0 Å².